The Hall–Kier alpha value is -1.16. The van der Waals surface area contributed by atoms with Gasteiger partial charge in [-0.3, -0.25) is 9.59 Å². The van der Waals surface area contributed by atoms with E-state index in [9.17, 15) is 9.59 Å². The van der Waals surface area contributed by atoms with Gasteiger partial charge in [0.05, 0.1) is 5.56 Å². The number of halogens is 1. The molecule has 3 nitrogen and oxygen atoms in total. The summed E-state index contributed by atoms with van der Waals surface area (Å²) < 4.78 is 0.858. The van der Waals surface area contributed by atoms with Crippen LogP contribution >= 0.6 is 15.9 Å². The smallest absolute Gasteiger partial charge is 0.255 e. The van der Waals surface area contributed by atoms with Crippen LogP contribution in [0.25, 0.3) is 0 Å². The summed E-state index contributed by atoms with van der Waals surface area (Å²) >= 11 is 3.50. The normalized spacial score (nSPS) is 18.9. The second kappa shape index (κ2) is 6.53. The molecule has 1 fully saturated rings. The number of likely N-dealkylation sites (tertiary alicyclic amines) is 1. The highest BCUT2D eigenvalue weighted by Crippen LogP contribution is 2.27. The zero-order chi connectivity index (χ0) is 14.7. The maximum atomic E-state index is 12.7. The molecule has 0 saturated carbocycles. The van der Waals surface area contributed by atoms with Crippen molar-refractivity contribution >= 4 is 27.6 Å². The Morgan fingerprint density at radius 2 is 2.10 bits per heavy atom. The van der Waals surface area contributed by atoms with Gasteiger partial charge in [-0.1, -0.05) is 12.1 Å². The first-order chi connectivity index (χ1) is 9.50. The topological polar surface area (TPSA) is 37.4 Å². The highest BCUT2D eigenvalue weighted by Gasteiger charge is 2.29. The summed E-state index contributed by atoms with van der Waals surface area (Å²) in [5.41, 5.74) is 1.75. The van der Waals surface area contributed by atoms with E-state index in [0.29, 0.717) is 12.0 Å². The largest absolute Gasteiger partial charge is 0.335 e. The van der Waals surface area contributed by atoms with Crippen LogP contribution in [0.5, 0.6) is 0 Å². The summed E-state index contributed by atoms with van der Waals surface area (Å²) in [6, 6.07) is 5.78. The van der Waals surface area contributed by atoms with Gasteiger partial charge in [0.2, 0.25) is 0 Å². The molecule has 2 rings (SSSR count). The molecule has 1 aliphatic heterocycles. The fourth-order valence-electron chi connectivity index (χ4n) is 2.78. The van der Waals surface area contributed by atoms with Gasteiger partial charge in [-0.2, -0.15) is 0 Å². The van der Waals surface area contributed by atoms with E-state index in [-0.39, 0.29) is 17.7 Å². The van der Waals surface area contributed by atoms with Crippen molar-refractivity contribution in [3.05, 3.63) is 33.8 Å². The van der Waals surface area contributed by atoms with Crippen molar-refractivity contribution < 1.29 is 9.59 Å². The number of hydrogen-bond donors (Lipinski definition) is 0. The number of Topliss-reactive ketones (excluding diaryl/α,β-unsaturated/α-hetero) is 1. The monoisotopic (exact) mass is 337 g/mol. The molecule has 1 unspecified atom stereocenters. The number of benzene rings is 1. The maximum Gasteiger partial charge on any atom is 0.255 e. The quantitative estimate of drug-likeness (QED) is 0.842. The van der Waals surface area contributed by atoms with Gasteiger partial charge in [-0.25, -0.2) is 0 Å². The van der Waals surface area contributed by atoms with Gasteiger partial charge in [-0.05, 0) is 60.7 Å². The second-order valence-electron chi connectivity index (χ2n) is 5.49. The lowest BCUT2D eigenvalue weighted by Gasteiger charge is -2.35. The van der Waals surface area contributed by atoms with Crippen molar-refractivity contribution in [2.75, 3.05) is 6.54 Å². The van der Waals surface area contributed by atoms with E-state index in [2.05, 4.69) is 15.9 Å². The van der Waals surface area contributed by atoms with E-state index >= 15 is 0 Å². The third-order valence-electron chi connectivity index (χ3n) is 3.83. The number of aryl methyl sites for hydroxylation is 1. The van der Waals surface area contributed by atoms with Crippen LogP contribution in [0.4, 0.5) is 0 Å². The highest BCUT2D eigenvalue weighted by molar-refractivity contribution is 9.10. The molecule has 1 aromatic rings. The van der Waals surface area contributed by atoms with Crippen molar-refractivity contribution in [2.45, 2.75) is 45.6 Å². The third kappa shape index (κ3) is 3.29. The molecule has 1 aromatic carbocycles. The Morgan fingerprint density at radius 3 is 2.80 bits per heavy atom. The minimum Gasteiger partial charge on any atom is -0.335 e. The van der Waals surface area contributed by atoms with Crippen LogP contribution in [-0.2, 0) is 4.79 Å². The Bertz CT molecular complexity index is 527. The third-order valence-corrected chi connectivity index (χ3v) is 4.89. The predicted molar refractivity (Wildman–Crippen MR) is 82.9 cm³/mol. The van der Waals surface area contributed by atoms with Gasteiger partial charge in [0, 0.05) is 23.5 Å². The lowest BCUT2D eigenvalue weighted by atomic mass is 9.96. The van der Waals surface area contributed by atoms with Crippen molar-refractivity contribution in [1.29, 1.82) is 0 Å². The second-order valence-corrected chi connectivity index (χ2v) is 6.28. The standard InChI is InChI=1S/C16H20BrNO2/c1-11-6-5-8-14(15(11)17)16(20)18-9-4-3-7-13(18)10-12(2)19/h5-6,8,13H,3-4,7,9-10H2,1-2H3. The Balaban J connectivity index is 2.25. The van der Waals surface area contributed by atoms with E-state index in [4.69, 9.17) is 0 Å². The summed E-state index contributed by atoms with van der Waals surface area (Å²) in [6.07, 6.45) is 3.50. The SMILES string of the molecule is CC(=O)CC1CCCCN1C(=O)c1cccc(C)c1Br. The van der Waals surface area contributed by atoms with Gasteiger partial charge in [0.15, 0.2) is 0 Å². The molecule has 4 heteroatoms. The molecule has 1 amide bonds. The lowest BCUT2D eigenvalue weighted by molar-refractivity contribution is -0.118. The van der Waals surface area contributed by atoms with Crippen LogP contribution in [0.3, 0.4) is 0 Å². The number of carbonyl (C=O) groups excluding carboxylic acids is 2. The summed E-state index contributed by atoms with van der Waals surface area (Å²) in [5, 5.41) is 0. The summed E-state index contributed by atoms with van der Waals surface area (Å²) in [4.78, 5) is 26.0. The summed E-state index contributed by atoms with van der Waals surface area (Å²) in [6.45, 7) is 4.32. The van der Waals surface area contributed by atoms with Crippen LogP contribution in [0, 0.1) is 6.92 Å². The Labute approximate surface area is 128 Å². The number of amides is 1. The molecule has 1 atom stereocenters. The molecule has 0 N–H and O–H groups in total. The minimum atomic E-state index is 0.0338. The molecular formula is C16H20BrNO2. The molecule has 1 aliphatic rings. The molecule has 0 spiro atoms. The van der Waals surface area contributed by atoms with E-state index in [1.54, 1.807) is 6.92 Å². The van der Waals surface area contributed by atoms with Gasteiger partial charge in [-0.15, -0.1) is 0 Å². The van der Waals surface area contributed by atoms with Crippen molar-refractivity contribution in [3.8, 4) is 0 Å². The minimum absolute atomic E-state index is 0.0338. The van der Waals surface area contributed by atoms with Gasteiger partial charge < -0.3 is 4.90 Å². The van der Waals surface area contributed by atoms with E-state index in [1.807, 2.05) is 30.0 Å². The molecule has 0 aliphatic carbocycles. The van der Waals surface area contributed by atoms with Crippen LogP contribution in [0.1, 0.15) is 48.5 Å². The lowest BCUT2D eigenvalue weighted by Crippen LogP contribution is -2.44. The molecule has 0 aromatic heterocycles. The number of rotatable bonds is 3. The first-order valence-electron chi connectivity index (χ1n) is 7.06. The summed E-state index contributed by atoms with van der Waals surface area (Å²) in [5.74, 6) is 0.185. The highest BCUT2D eigenvalue weighted by atomic mass is 79.9. The number of nitrogens with zero attached hydrogens (tertiary/aromatic N) is 1. The predicted octanol–water partition coefficient (Wildman–Crippen LogP) is 3.73. The average molecular weight is 338 g/mol. The van der Waals surface area contributed by atoms with Crippen LogP contribution < -0.4 is 0 Å². The number of carbonyl (C=O) groups is 2. The van der Waals surface area contributed by atoms with Gasteiger partial charge >= 0.3 is 0 Å². The summed E-state index contributed by atoms with van der Waals surface area (Å²) in [7, 11) is 0. The van der Waals surface area contributed by atoms with E-state index in [1.165, 1.54) is 0 Å². The molecule has 0 radical (unpaired) electrons. The molecular weight excluding hydrogens is 318 g/mol. The first-order valence-corrected chi connectivity index (χ1v) is 7.85. The van der Waals surface area contributed by atoms with Crippen molar-refractivity contribution in [1.82, 2.24) is 4.90 Å². The molecule has 0 bridgehead atoms. The molecule has 20 heavy (non-hydrogen) atoms. The van der Waals surface area contributed by atoms with Crippen LogP contribution in [0.2, 0.25) is 0 Å². The van der Waals surface area contributed by atoms with Crippen LogP contribution in [-0.4, -0.2) is 29.2 Å². The van der Waals surface area contributed by atoms with Gasteiger partial charge in [0.1, 0.15) is 5.78 Å². The van der Waals surface area contributed by atoms with Crippen molar-refractivity contribution in [2.24, 2.45) is 0 Å². The zero-order valence-electron chi connectivity index (χ0n) is 12.0. The molecule has 108 valence electrons. The first kappa shape index (κ1) is 15.2. The zero-order valence-corrected chi connectivity index (χ0v) is 13.6. The number of piperidine rings is 1. The Kier molecular flexibility index (Phi) is 4.97. The number of ketones is 1. The Morgan fingerprint density at radius 1 is 1.35 bits per heavy atom. The van der Waals surface area contributed by atoms with Crippen molar-refractivity contribution in [3.63, 3.8) is 0 Å². The maximum absolute atomic E-state index is 12.7. The molecule has 1 heterocycles. The van der Waals surface area contributed by atoms with E-state index in [0.717, 1.165) is 35.8 Å². The van der Waals surface area contributed by atoms with Gasteiger partial charge in [0.25, 0.3) is 5.91 Å². The molecule has 1 saturated heterocycles. The fraction of sp³-hybridized carbons (Fsp3) is 0.500. The average Bonchev–Trinajstić information content (AvgIpc) is 2.41. The number of hydrogen-bond acceptors (Lipinski definition) is 2. The van der Waals surface area contributed by atoms with Crippen LogP contribution in [0.15, 0.2) is 22.7 Å². The fourth-order valence-corrected chi connectivity index (χ4v) is 3.21. The van der Waals surface area contributed by atoms with E-state index < -0.39 is 0 Å².